The minimum atomic E-state index is -0.00111. The number of benzene rings is 1. The predicted molar refractivity (Wildman–Crippen MR) is 53.9 cm³/mol. The van der Waals surface area contributed by atoms with E-state index in [0.29, 0.717) is 10.6 Å². The molecule has 0 heterocycles. The Labute approximate surface area is 84.9 Å². The highest BCUT2D eigenvalue weighted by atomic mass is 79.9. The second-order valence-electron chi connectivity index (χ2n) is 2.59. The summed E-state index contributed by atoms with van der Waals surface area (Å²) in [7, 11) is 0. The van der Waals surface area contributed by atoms with Crippen LogP contribution in [0.4, 0.5) is 0 Å². The number of halogens is 2. The minimum Gasteiger partial charge on any atom is -0.294 e. The van der Waals surface area contributed by atoms with E-state index < -0.39 is 0 Å². The largest absolute Gasteiger partial charge is 0.294 e. The Morgan fingerprint density at radius 3 is 2.50 bits per heavy atom. The molecule has 1 aromatic rings. The van der Waals surface area contributed by atoms with Gasteiger partial charge in [0.2, 0.25) is 0 Å². The summed E-state index contributed by atoms with van der Waals surface area (Å²) in [4.78, 5) is 11.1. The standard InChI is InChI=1S/C9H8BrClO/c1-5-7(10)3-4-8(11)9(5)6(2)12/h3-4H,1-2H3. The van der Waals surface area contributed by atoms with Gasteiger partial charge in [0.05, 0.1) is 5.02 Å². The van der Waals surface area contributed by atoms with E-state index in [1.165, 1.54) is 6.92 Å². The molecule has 0 spiro atoms. The van der Waals surface area contributed by atoms with Crippen LogP contribution in [0.1, 0.15) is 22.8 Å². The molecule has 0 atom stereocenters. The average Bonchev–Trinajstić information content (AvgIpc) is 1.97. The Bertz CT molecular complexity index is 334. The molecule has 0 bridgehead atoms. The van der Waals surface area contributed by atoms with Crippen molar-refractivity contribution < 1.29 is 4.79 Å². The predicted octanol–water partition coefficient (Wildman–Crippen LogP) is 3.61. The Morgan fingerprint density at radius 1 is 1.50 bits per heavy atom. The highest BCUT2D eigenvalue weighted by Crippen LogP contribution is 2.26. The maximum Gasteiger partial charge on any atom is 0.161 e. The molecule has 12 heavy (non-hydrogen) atoms. The number of hydrogen-bond donors (Lipinski definition) is 0. The molecule has 0 aliphatic carbocycles. The number of carbonyl (C=O) groups is 1. The maximum atomic E-state index is 11.1. The molecule has 0 fully saturated rings. The smallest absolute Gasteiger partial charge is 0.161 e. The lowest BCUT2D eigenvalue weighted by Gasteiger charge is -2.05. The van der Waals surface area contributed by atoms with Crippen LogP contribution in [0.15, 0.2) is 16.6 Å². The van der Waals surface area contributed by atoms with Crippen LogP contribution in [0.2, 0.25) is 5.02 Å². The number of ketones is 1. The van der Waals surface area contributed by atoms with Crippen LogP contribution in [0.25, 0.3) is 0 Å². The van der Waals surface area contributed by atoms with Crippen molar-refractivity contribution >= 4 is 33.3 Å². The fourth-order valence-corrected chi connectivity index (χ4v) is 1.75. The van der Waals surface area contributed by atoms with Crippen LogP contribution in [-0.4, -0.2) is 5.78 Å². The molecule has 0 amide bonds. The lowest BCUT2D eigenvalue weighted by Crippen LogP contribution is -1.97. The van der Waals surface area contributed by atoms with Crippen molar-refractivity contribution in [2.75, 3.05) is 0 Å². The lowest BCUT2D eigenvalue weighted by molar-refractivity contribution is 0.101. The third-order valence-corrected chi connectivity index (χ3v) is 2.87. The molecule has 1 aromatic carbocycles. The molecule has 0 N–H and O–H groups in total. The van der Waals surface area contributed by atoms with Crippen LogP contribution in [-0.2, 0) is 0 Å². The van der Waals surface area contributed by atoms with E-state index in [1.54, 1.807) is 6.07 Å². The van der Waals surface area contributed by atoms with Gasteiger partial charge in [-0.1, -0.05) is 27.5 Å². The number of rotatable bonds is 1. The number of hydrogen-bond acceptors (Lipinski definition) is 1. The van der Waals surface area contributed by atoms with Crippen molar-refractivity contribution in [3.05, 3.63) is 32.8 Å². The molecule has 0 aromatic heterocycles. The van der Waals surface area contributed by atoms with Gasteiger partial charge in [0.15, 0.2) is 5.78 Å². The first-order valence-corrected chi connectivity index (χ1v) is 4.66. The third-order valence-electron chi connectivity index (χ3n) is 1.70. The highest BCUT2D eigenvalue weighted by molar-refractivity contribution is 9.10. The SMILES string of the molecule is CC(=O)c1c(Cl)ccc(Br)c1C. The van der Waals surface area contributed by atoms with Crippen molar-refractivity contribution in [2.45, 2.75) is 13.8 Å². The summed E-state index contributed by atoms with van der Waals surface area (Å²) >= 11 is 9.19. The van der Waals surface area contributed by atoms with Crippen LogP contribution < -0.4 is 0 Å². The highest BCUT2D eigenvalue weighted by Gasteiger charge is 2.10. The first kappa shape index (κ1) is 9.75. The Balaban J connectivity index is 3.43. The lowest BCUT2D eigenvalue weighted by atomic mass is 10.1. The Morgan fingerprint density at radius 2 is 2.08 bits per heavy atom. The monoisotopic (exact) mass is 246 g/mol. The summed E-state index contributed by atoms with van der Waals surface area (Å²) in [5.74, 6) is -0.00111. The maximum absolute atomic E-state index is 11.1. The fraction of sp³-hybridized carbons (Fsp3) is 0.222. The molecular formula is C9H8BrClO. The van der Waals surface area contributed by atoms with Gasteiger partial charge in [0, 0.05) is 10.0 Å². The van der Waals surface area contributed by atoms with Crippen molar-refractivity contribution in [1.29, 1.82) is 0 Å². The van der Waals surface area contributed by atoms with E-state index in [1.807, 2.05) is 13.0 Å². The van der Waals surface area contributed by atoms with E-state index >= 15 is 0 Å². The Kier molecular flexibility index (Phi) is 2.91. The molecule has 1 nitrogen and oxygen atoms in total. The molecule has 0 aliphatic heterocycles. The molecule has 0 radical (unpaired) electrons. The van der Waals surface area contributed by atoms with Gasteiger partial charge in [-0.25, -0.2) is 0 Å². The average molecular weight is 248 g/mol. The van der Waals surface area contributed by atoms with Gasteiger partial charge >= 0.3 is 0 Å². The zero-order valence-corrected chi connectivity index (χ0v) is 9.16. The molecule has 0 saturated heterocycles. The van der Waals surface area contributed by atoms with Crippen molar-refractivity contribution in [3.8, 4) is 0 Å². The Hall–Kier alpha value is -0.340. The summed E-state index contributed by atoms with van der Waals surface area (Å²) < 4.78 is 0.914. The molecule has 64 valence electrons. The van der Waals surface area contributed by atoms with E-state index in [2.05, 4.69) is 15.9 Å². The zero-order chi connectivity index (χ0) is 9.30. The minimum absolute atomic E-state index is 0.00111. The molecule has 0 saturated carbocycles. The van der Waals surface area contributed by atoms with Crippen LogP contribution >= 0.6 is 27.5 Å². The van der Waals surface area contributed by atoms with Crippen molar-refractivity contribution in [1.82, 2.24) is 0 Å². The summed E-state index contributed by atoms with van der Waals surface area (Å²) in [6.45, 7) is 3.38. The summed E-state index contributed by atoms with van der Waals surface area (Å²) in [5, 5.41) is 0.517. The van der Waals surface area contributed by atoms with E-state index in [4.69, 9.17) is 11.6 Å². The first-order chi connectivity index (χ1) is 5.54. The van der Waals surface area contributed by atoms with Crippen LogP contribution in [0.3, 0.4) is 0 Å². The second-order valence-corrected chi connectivity index (χ2v) is 3.85. The molecule has 0 aliphatic rings. The number of Topliss-reactive ketones (excluding diaryl/α,β-unsaturated/α-hetero) is 1. The second kappa shape index (κ2) is 3.58. The molecule has 0 unspecified atom stereocenters. The molecule has 3 heteroatoms. The first-order valence-electron chi connectivity index (χ1n) is 3.49. The van der Waals surface area contributed by atoms with Gasteiger partial charge in [-0.15, -0.1) is 0 Å². The van der Waals surface area contributed by atoms with Gasteiger partial charge < -0.3 is 0 Å². The van der Waals surface area contributed by atoms with Gasteiger partial charge in [-0.05, 0) is 31.5 Å². The zero-order valence-electron chi connectivity index (χ0n) is 6.82. The van der Waals surface area contributed by atoms with Gasteiger partial charge in [0.25, 0.3) is 0 Å². The topological polar surface area (TPSA) is 17.1 Å². The van der Waals surface area contributed by atoms with Gasteiger partial charge in [0.1, 0.15) is 0 Å². The summed E-state index contributed by atoms with van der Waals surface area (Å²) in [6, 6.07) is 3.56. The van der Waals surface area contributed by atoms with Crippen molar-refractivity contribution in [3.63, 3.8) is 0 Å². The molecule has 1 rings (SSSR count). The van der Waals surface area contributed by atoms with Crippen LogP contribution in [0.5, 0.6) is 0 Å². The fourth-order valence-electron chi connectivity index (χ4n) is 1.09. The summed E-state index contributed by atoms with van der Waals surface area (Å²) in [6.07, 6.45) is 0. The number of carbonyl (C=O) groups excluding carboxylic acids is 1. The van der Waals surface area contributed by atoms with E-state index in [-0.39, 0.29) is 5.78 Å². The third kappa shape index (κ3) is 1.70. The van der Waals surface area contributed by atoms with Gasteiger partial charge in [-0.2, -0.15) is 0 Å². The molecular weight excluding hydrogens is 239 g/mol. The normalized spacial score (nSPS) is 10.0. The van der Waals surface area contributed by atoms with Gasteiger partial charge in [-0.3, -0.25) is 4.79 Å². The van der Waals surface area contributed by atoms with E-state index in [9.17, 15) is 4.79 Å². The summed E-state index contributed by atoms with van der Waals surface area (Å²) in [5.41, 5.74) is 1.50. The quantitative estimate of drug-likeness (QED) is 0.693. The van der Waals surface area contributed by atoms with E-state index in [0.717, 1.165) is 10.0 Å². The van der Waals surface area contributed by atoms with Crippen LogP contribution in [0, 0.1) is 6.92 Å². The van der Waals surface area contributed by atoms with Crippen molar-refractivity contribution in [2.24, 2.45) is 0 Å².